The normalized spacial score (nSPS) is 14.3. The number of nitrogens with one attached hydrogen (secondary N) is 1. The molecule has 7 heteroatoms. The molecule has 33 heavy (non-hydrogen) atoms. The first kappa shape index (κ1) is 21.2. The summed E-state index contributed by atoms with van der Waals surface area (Å²) in [4.78, 5) is 13.9. The fourth-order valence-corrected chi connectivity index (χ4v) is 4.37. The number of nitrogens with zero attached hydrogens (tertiary/aromatic N) is 4. The molecule has 2 aromatic carbocycles. The van der Waals surface area contributed by atoms with Crippen molar-refractivity contribution in [3.8, 4) is 22.9 Å². The first-order valence-electron chi connectivity index (χ1n) is 11.4. The maximum Gasteiger partial charge on any atom is 0.299 e. The van der Waals surface area contributed by atoms with Crippen LogP contribution in [0.25, 0.3) is 22.3 Å². The van der Waals surface area contributed by atoms with Crippen molar-refractivity contribution < 1.29 is 9.84 Å². The van der Waals surface area contributed by atoms with E-state index in [1.807, 2.05) is 25.1 Å². The van der Waals surface area contributed by atoms with E-state index in [0.717, 1.165) is 40.7 Å². The zero-order valence-electron chi connectivity index (χ0n) is 19.5. The molecular formula is C26H29N5O2. The number of imidazole rings is 1. The number of benzene rings is 2. The van der Waals surface area contributed by atoms with Gasteiger partial charge in [-0.3, -0.25) is 4.57 Å². The minimum atomic E-state index is -0.195. The number of ether oxygens (including phenoxy) is 1. The Morgan fingerprint density at radius 2 is 1.94 bits per heavy atom. The number of phenols is 1. The lowest BCUT2D eigenvalue weighted by atomic mass is 9.98. The highest BCUT2D eigenvalue weighted by Gasteiger charge is 2.35. The average Bonchev–Trinajstić information content (AvgIpc) is 3.32. The number of phenolic OH excluding ortho intramolecular Hbond substituents is 1. The van der Waals surface area contributed by atoms with Gasteiger partial charge in [0.05, 0.1) is 5.54 Å². The first-order chi connectivity index (χ1) is 15.9. The van der Waals surface area contributed by atoms with Gasteiger partial charge in [-0.25, -0.2) is 9.97 Å². The molecule has 0 saturated carbocycles. The van der Waals surface area contributed by atoms with Crippen molar-refractivity contribution in [3.63, 3.8) is 0 Å². The molecule has 0 amide bonds. The van der Waals surface area contributed by atoms with Crippen LogP contribution in [0.2, 0.25) is 0 Å². The maximum atomic E-state index is 10.4. The zero-order valence-corrected chi connectivity index (χ0v) is 19.5. The van der Waals surface area contributed by atoms with Crippen molar-refractivity contribution in [3.05, 3.63) is 59.4 Å². The number of hydrogen-bond donors (Lipinski definition) is 2. The highest BCUT2D eigenvalue weighted by molar-refractivity contribution is 5.84. The second-order valence-corrected chi connectivity index (χ2v) is 9.20. The van der Waals surface area contributed by atoms with Crippen molar-refractivity contribution in [2.75, 3.05) is 18.5 Å². The van der Waals surface area contributed by atoms with Crippen molar-refractivity contribution in [1.82, 2.24) is 19.5 Å². The molecule has 0 spiro atoms. The number of anilines is 1. The lowest BCUT2D eigenvalue weighted by Crippen LogP contribution is -2.26. The van der Waals surface area contributed by atoms with Crippen LogP contribution < -0.4 is 10.1 Å². The van der Waals surface area contributed by atoms with Crippen molar-refractivity contribution >= 4 is 17.0 Å². The van der Waals surface area contributed by atoms with Gasteiger partial charge in [-0.05, 0) is 62.4 Å². The number of aryl methyl sites for hydroxylation is 2. The number of hydrogen-bond acceptors (Lipinski definition) is 6. The zero-order chi connectivity index (χ0) is 23.2. The number of aromatic hydroxyl groups is 1. The molecule has 3 heterocycles. The summed E-state index contributed by atoms with van der Waals surface area (Å²) in [6.07, 6.45) is 1.74. The van der Waals surface area contributed by atoms with Gasteiger partial charge in [0.1, 0.15) is 18.2 Å². The number of rotatable bonds is 6. The monoisotopic (exact) mass is 443 g/mol. The Bertz CT molecular complexity index is 1340. The molecule has 0 radical (unpaired) electrons. The summed E-state index contributed by atoms with van der Waals surface area (Å²) in [5.41, 5.74) is 5.60. The van der Waals surface area contributed by atoms with Crippen LogP contribution in [0.5, 0.6) is 11.8 Å². The Hall–Kier alpha value is -3.61. The van der Waals surface area contributed by atoms with Crippen molar-refractivity contribution in [2.24, 2.45) is 0 Å². The molecule has 1 aliphatic heterocycles. The highest BCUT2D eigenvalue weighted by Crippen LogP contribution is 2.36. The van der Waals surface area contributed by atoms with Crippen molar-refractivity contribution in [1.29, 1.82) is 0 Å². The lowest BCUT2D eigenvalue weighted by Gasteiger charge is -2.18. The van der Waals surface area contributed by atoms with Crippen LogP contribution in [-0.4, -0.2) is 37.8 Å². The fraction of sp³-hybridized carbons (Fsp3) is 0.346. The van der Waals surface area contributed by atoms with Gasteiger partial charge in [-0.15, -0.1) is 0 Å². The van der Waals surface area contributed by atoms with Gasteiger partial charge >= 0.3 is 0 Å². The molecule has 0 aliphatic carbocycles. The van der Waals surface area contributed by atoms with Crippen molar-refractivity contribution in [2.45, 2.75) is 46.1 Å². The number of fused-ring (bicyclic) bond motifs is 3. The Balaban J connectivity index is 1.37. The van der Waals surface area contributed by atoms with E-state index < -0.39 is 0 Å². The molecule has 0 saturated heterocycles. The minimum absolute atomic E-state index is 0.195. The van der Waals surface area contributed by atoms with Gasteiger partial charge < -0.3 is 15.2 Å². The van der Waals surface area contributed by atoms with E-state index in [9.17, 15) is 5.11 Å². The minimum Gasteiger partial charge on any atom is -0.507 e. The molecule has 0 unspecified atom stereocenters. The quantitative estimate of drug-likeness (QED) is 0.443. The molecule has 170 valence electrons. The highest BCUT2D eigenvalue weighted by atomic mass is 16.5. The van der Waals surface area contributed by atoms with Crippen LogP contribution in [0, 0.1) is 6.92 Å². The second-order valence-electron chi connectivity index (χ2n) is 9.20. The maximum absolute atomic E-state index is 10.4. The van der Waals surface area contributed by atoms with Crippen LogP contribution in [0.3, 0.4) is 0 Å². The third kappa shape index (κ3) is 3.88. The summed E-state index contributed by atoms with van der Waals surface area (Å²) < 4.78 is 7.84. The van der Waals surface area contributed by atoms with E-state index in [4.69, 9.17) is 4.74 Å². The molecule has 2 aromatic heterocycles. The van der Waals surface area contributed by atoms with Gasteiger partial charge in [0.25, 0.3) is 6.01 Å². The topological polar surface area (TPSA) is 85.1 Å². The fourth-order valence-electron chi connectivity index (χ4n) is 4.37. The van der Waals surface area contributed by atoms with E-state index in [0.29, 0.717) is 36.6 Å². The standard InChI is InChI=1S/C26H29N5O2/c1-5-17-7-6-8-19(13-17)20-14-18(9-10-21(20)32)11-12-27-23-22-24(29-16(2)28-23)31-25(30-22)33-15-26(31,3)4/h6-10,13-14,32H,5,11-12,15H2,1-4H3,(H,27,28,29). The van der Waals surface area contributed by atoms with E-state index in [-0.39, 0.29) is 5.54 Å². The summed E-state index contributed by atoms with van der Waals surface area (Å²) >= 11 is 0. The van der Waals surface area contributed by atoms with Crippen LogP contribution in [0.1, 0.15) is 37.7 Å². The molecular weight excluding hydrogens is 414 g/mol. The van der Waals surface area contributed by atoms with E-state index >= 15 is 0 Å². The second kappa shape index (κ2) is 8.06. The van der Waals surface area contributed by atoms with Gasteiger partial charge in [-0.2, -0.15) is 4.98 Å². The smallest absolute Gasteiger partial charge is 0.299 e. The third-order valence-electron chi connectivity index (χ3n) is 6.16. The predicted octanol–water partition coefficient (Wildman–Crippen LogP) is 4.85. The van der Waals surface area contributed by atoms with Crippen LogP contribution in [0.15, 0.2) is 42.5 Å². The van der Waals surface area contributed by atoms with Gasteiger partial charge in [0.2, 0.25) is 0 Å². The van der Waals surface area contributed by atoms with Gasteiger partial charge in [-0.1, -0.05) is 37.3 Å². The molecule has 5 rings (SSSR count). The number of aromatic nitrogens is 4. The molecule has 4 aromatic rings. The lowest BCUT2D eigenvalue weighted by molar-refractivity contribution is 0.268. The van der Waals surface area contributed by atoms with Crippen LogP contribution in [-0.2, 0) is 18.4 Å². The molecule has 0 atom stereocenters. The Kier molecular flexibility index (Phi) is 5.19. The van der Waals surface area contributed by atoms with E-state index in [1.165, 1.54) is 5.56 Å². The Labute approximate surface area is 193 Å². The molecule has 7 nitrogen and oxygen atoms in total. The Morgan fingerprint density at radius 3 is 2.76 bits per heavy atom. The van der Waals surface area contributed by atoms with Gasteiger partial charge in [0.15, 0.2) is 17.0 Å². The molecule has 1 aliphatic rings. The Morgan fingerprint density at radius 1 is 1.09 bits per heavy atom. The summed E-state index contributed by atoms with van der Waals surface area (Å²) in [6, 6.07) is 14.7. The molecule has 0 bridgehead atoms. The summed E-state index contributed by atoms with van der Waals surface area (Å²) in [6.45, 7) is 9.53. The largest absolute Gasteiger partial charge is 0.507 e. The summed E-state index contributed by atoms with van der Waals surface area (Å²) in [7, 11) is 0. The SMILES string of the molecule is CCc1cccc(-c2cc(CCNc3nc(C)nc4c3nc3n4C(C)(C)CO3)ccc2O)c1. The molecule has 2 N–H and O–H groups in total. The third-order valence-corrected chi connectivity index (χ3v) is 6.16. The van der Waals surface area contributed by atoms with Gasteiger partial charge in [0, 0.05) is 12.1 Å². The first-order valence-corrected chi connectivity index (χ1v) is 11.4. The van der Waals surface area contributed by atoms with Crippen LogP contribution in [0.4, 0.5) is 5.82 Å². The predicted molar refractivity (Wildman–Crippen MR) is 130 cm³/mol. The van der Waals surface area contributed by atoms with Crippen LogP contribution >= 0.6 is 0 Å². The van der Waals surface area contributed by atoms with E-state index in [2.05, 4.69) is 63.8 Å². The summed E-state index contributed by atoms with van der Waals surface area (Å²) in [5.74, 6) is 1.70. The van der Waals surface area contributed by atoms with E-state index in [1.54, 1.807) is 6.07 Å². The average molecular weight is 444 g/mol. The molecule has 0 fully saturated rings. The summed E-state index contributed by atoms with van der Waals surface area (Å²) in [5, 5.41) is 13.9.